The number of nitrogens with zero attached hydrogens (tertiary/aromatic N) is 3. The van der Waals surface area contributed by atoms with Gasteiger partial charge in [0.15, 0.2) is 11.6 Å². The molecule has 0 spiro atoms. The number of fused-ring (bicyclic) bond motifs is 1. The van der Waals surface area contributed by atoms with E-state index in [-0.39, 0.29) is 22.5 Å². The second kappa shape index (κ2) is 8.48. The summed E-state index contributed by atoms with van der Waals surface area (Å²) in [5.41, 5.74) is -0.326. The fraction of sp³-hybridized carbons (Fsp3) is 0.615. The molecule has 2 aliphatic heterocycles. The lowest BCUT2D eigenvalue weighted by Crippen LogP contribution is -2.52. The van der Waals surface area contributed by atoms with Crippen LogP contribution in [0.5, 0.6) is 0 Å². The highest BCUT2D eigenvalue weighted by Crippen LogP contribution is 2.44. The van der Waals surface area contributed by atoms with E-state index in [4.69, 9.17) is 4.74 Å². The second-order valence-electron chi connectivity index (χ2n) is 11.5. The molecule has 0 radical (unpaired) electrons. The maximum atomic E-state index is 14.0. The van der Waals surface area contributed by atoms with Gasteiger partial charge in [-0.25, -0.2) is 13.2 Å². The van der Waals surface area contributed by atoms with Crippen LogP contribution in [-0.2, 0) is 4.74 Å². The van der Waals surface area contributed by atoms with E-state index in [0.29, 0.717) is 35.8 Å². The number of nitrogens with one attached hydrogen (secondary N) is 1. The van der Waals surface area contributed by atoms with E-state index in [1.54, 1.807) is 12.1 Å². The number of ether oxygens (including phenoxy) is 1. The Morgan fingerprint density at radius 1 is 0.941 bits per heavy atom. The highest BCUT2D eigenvalue weighted by atomic mass is 19.2. The summed E-state index contributed by atoms with van der Waals surface area (Å²) in [7, 11) is 0. The van der Waals surface area contributed by atoms with E-state index in [9.17, 15) is 13.2 Å². The lowest BCUT2D eigenvalue weighted by Gasteiger charge is -2.48. The van der Waals surface area contributed by atoms with Gasteiger partial charge in [0, 0.05) is 36.8 Å². The van der Waals surface area contributed by atoms with Gasteiger partial charge < -0.3 is 10.1 Å². The van der Waals surface area contributed by atoms with E-state index in [0.717, 1.165) is 44.8 Å². The molecule has 2 saturated heterocycles. The Labute approximate surface area is 199 Å². The molecule has 2 aromatic rings. The largest absolute Gasteiger partial charge is 0.370 e. The normalized spacial score (nSPS) is 28.7. The van der Waals surface area contributed by atoms with Crippen LogP contribution in [0.4, 0.5) is 19.0 Å². The number of hydrogen-bond donors (Lipinski definition) is 1. The van der Waals surface area contributed by atoms with Crippen LogP contribution in [-0.4, -0.2) is 51.5 Å². The van der Waals surface area contributed by atoms with Gasteiger partial charge in [-0.05, 0) is 83.4 Å². The summed E-state index contributed by atoms with van der Waals surface area (Å²) in [6, 6.07) is 5.55. The molecule has 8 heteroatoms. The summed E-state index contributed by atoms with van der Waals surface area (Å²) in [5, 5.41) is 11.6. The van der Waals surface area contributed by atoms with Crippen molar-refractivity contribution in [2.24, 2.45) is 11.8 Å². The topological polar surface area (TPSA) is 50.3 Å². The van der Waals surface area contributed by atoms with Crippen LogP contribution < -0.4 is 5.32 Å². The number of halogens is 3. The minimum Gasteiger partial charge on any atom is -0.370 e. The van der Waals surface area contributed by atoms with Crippen LogP contribution in [0, 0.1) is 29.3 Å². The molecular formula is C26H33F3N4O. The molecule has 184 valence electrons. The van der Waals surface area contributed by atoms with E-state index in [2.05, 4.69) is 48.1 Å². The average Bonchev–Trinajstić information content (AvgIpc) is 3.28. The van der Waals surface area contributed by atoms with Crippen LogP contribution in [0.15, 0.2) is 24.3 Å². The minimum atomic E-state index is -1.24. The first-order chi connectivity index (χ1) is 16.0. The summed E-state index contributed by atoms with van der Waals surface area (Å²) in [6.45, 7) is 11.0. The lowest BCUT2D eigenvalue weighted by molar-refractivity contribution is -0.176. The van der Waals surface area contributed by atoms with Crippen LogP contribution >= 0.6 is 0 Å². The van der Waals surface area contributed by atoms with Crippen molar-refractivity contribution in [3.05, 3.63) is 41.7 Å². The van der Waals surface area contributed by atoms with Crippen LogP contribution in [0.3, 0.4) is 0 Å². The molecule has 1 aromatic carbocycles. The average molecular weight is 475 g/mol. The van der Waals surface area contributed by atoms with Gasteiger partial charge in [-0.15, -0.1) is 10.2 Å². The van der Waals surface area contributed by atoms with Crippen molar-refractivity contribution < 1.29 is 17.9 Å². The molecule has 1 saturated carbocycles. The quantitative estimate of drug-likeness (QED) is 0.600. The lowest BCUT2D eigenvalue weighted by atomic mass is 9.84. The van der Waals surface area contributed by atoms with E-state index >= 15 is 0 Å². The first-order valence-corrected chi connectivity index (χ1v) is 12.2. The van der Waals surface area contributed by atoms with Crippen molar-refractivity contribution in [3.63, 3.8) is 0 Å². The molecule has 34 heavy (non-hydrogen) atoms. The molecule has 5 rings (SSSR count). The van der Waals surface area contributed by atoms with Crippen LogP contribution in [0.1, 0.15) is 53.4 Å². The highest BCUT2D eigenvalue weighted by Gasteiger charge is 2.47. The van der Waals surface area contributed by atoms with E-state index < -0.39 is 17.5 Å². The summed E-state index contributed by atoms with van der Waals surface area (Å²) < 4.78 is 47.3. The number of hydrogen-bond acceptors (Lipinski definition) is 5. The zero-order chi connectivity index (χ0) is 24.3. The van der Waals surface area contributed by atoms with Gasteiger partial charge in [0.05, 0.1) is 16.9 Å². The molecule has 0 bridgehead atoms. The maximum Gasteiger partial charge on any atom is 0.168 e. The summed E-state index contributed by atoms with van der Waals surface area (Å²) in [5.74, 6) is -1.31. The predicted octanol–water partition coefficient (Wildman–Crippen LogP) is 5.42. The number of likely N-dealkylation sites (tertiary alicyclic amines) is 1. The van der Waals surface area contributed by atoms with Gasteiger partial charge in [0.2, 0.25) is 0 Å². The van der Waals surface area contributed by atoms with Gasteiger partial charge in [-0.3, -0.25) is 4.90 Å². The molecule has 0 unspecified atom stereocenters. The van der Waals surface area contributed by atoms with Gasteiger partial charge in [0.1, 0.15) is 11.6 Å². The van der Waals surface area contributed by atoms with E-state index in [1.807, 2.05) is 0 Å². The van der Waals surface area contributed by atoms with Crippen LogP contribution in [0.25, 0.3) is 11.3 Å². The zero-order valence-corrected chi connectivity index (χ0v) is 20.2. The number of rotatable bonds is 4. The third-order valence-electron chi connectivity index (χ3n) is 7.59. The summed E-state index contributed by atoms with van der Waals surface area (Å²) >= 11 is 0. The monoisotopic (exact) mass is 474 g/mol. The molecule has 3 aliphatic rings. The Bertz CT molecular complexity index is 1030. The van der Waals surface area contributed by atoms with Crippen LogP contribution in [0.2, 0.25) is 0 Å². The third-order valence-corrected chi connectivity index (χ3v) is 7.59. The molecule has 5 nitrogen and oxygen atoms in total. The Kier molecular flexibility index (Phi) is 5.88. The standard InChI is InChI=1S/C26H33F3N4O/c1-25(2)11-19(12-26(3,4)34-25)33-13-15-7-18(8-16(15)14-33)30-23-6-5-22(31-32-23)20-9-17(27)10-21(28)24(20)29/h5-6,9-10,15-16,18-19H,7-8,11-14H2,1-4H3,(H,30,32)/t15-,16+,18-. The highest BCUT2D eigenvalue weighted by molar-refractivity contribution is 5.60. The zero-order valence-electron chi connectivity index (χ0n) is 20.2. The molecule has 0 amide bonds. The summed E-state index contributed by atoms with van der Waals surface area (Å²) in [6.07, 6.45) is 4.28. The number of anilines is 1. The molecule has 3 fully saturated rings. The smallest absolute Gasteiger partial charge is 0.168 e. The van der Waals surface area contributed by atoms with E-state index in [1.165, 1.54) is 0 Å². The third kappa shape index (κ3) is 4.80. The number of aromatic nitrogens is 2. The molecule has 3 atom stereocenters. The minimum absolute atomic E-state index is 0.0980. The van der Waals surface area contributed by atoms with Crippen molar-refractivity contribution in [2.45, 2.75) is 76.7 Å². The molecule has 3 heterocycles. The fourth-order valence-electron chi connectivity index (χ4n) is 6.55. The molecule has 1 aromatic heterocycles. The second-order valence-corrected chi connectivity index (χ2v) is 11.5. The van der Waals surface area contributed by atoms with Crippen molar-refractivity contribution in [1.29, 1.82) is 0 Å². The molecular weight excluding hydrogens is 441 g/mol. The predicted molar refractivity (Wildman–Crippen MR) is 125 cm³/mol. The van der Waals surface area contributed by atoms with Crippen molar-refractivity contribution >= 4 is 5.82 Å². The maximum absolute atomic E-state index is 14.0. The Hall–Kier alpha value is -2.19. The fourth-order valence-corrected chi connectivity index (χ4v) is 6.55. The first kappa shape index (κ1) is 23.5. The number of benzene rings is 1. The molecule has 1 aliphatic carbocycles. The first-order valence-electron chi connectivity index (χ1n) is 12.2. The Morgan fingerprint density at radius 2 is 1.59 bits per heavy atom. The SMILES string of the molecule is CC1(C)CC(N2C[C@H]3C[C@@H](Nc4ccc(-c5cc(F)cc(F)c5F)nn4)C[C@H]3C2)CC(C)(C)O1. The van der Waals surface area contributed by atoms with Gasteiger partial charge in [-0.1, -0.05) is 0 Å². The van der Waals surface area contributed by atoms with Gasteiger partial charge in [-0.2, -0.15) is 0 Å². The summed E-state index contributed by atoms with van der Waals surface area (Å²) in [4.78, 5) is 2.68. The van der Waals surface area contributed by atoms with Crippen molar-refractivity contribution in [2.75, 3.05) is 18.4 Å². The van der Waals surface area contributed by atoms with Gasteiger partial charge >= 0.3 is 0 Å². The Balaban J connectivity index is 1.19. The Morgan fingerprint density at radius 3 is 2.18 bits per heavy atom. The van der Waals surface area contributed by atoms with Gasteiger partial charge in [0.25, 0.3) is 0 Å². The van der Waals surface area contributed by atoms with Crippen molar-refractivity contribution in [1.82, 2.24) is 15.1 Å². The van der Waals surface area contributed by atoms with Crippen molar-refractivity contribution in [3.8, 4) is 11.3 Å². The molecule has 1 N–H and O–H groups in total.